The predicted octanol–water partition coefficient (Wildman–Crippen LogP) is 5.88. The van der Waals surface area contributed by atoms with Crippen molar-refractivity contribution in [3.8, 4) is 11.5 Å². The molecule has 1 fully saturated rings. The number of hydrogen-bond donors (Lipinski definition) is 1. The van der Waals surface area contributed by atoms with E-state index in [4.69, 9.17) is 4.74 Å². The summed E-state index contributed by atoms with van der Waals surface area (Å²) in [5.74, 6) is 1.49. The van der Waals surface area contributed by atoms with Crippen molar-refractivity contribution in [3.63, 3.8) is 0 Å². The van der Waals surface area contributed by atoms with E-state index in [1.807, 2.05) is 79.0 Å². The molecule has 6 nitrogen and oxygen atoms in total. The van der Waals surface area contributed by atoms with Gasteiger partial charge >= 0.3 is 0 Å². The lowest BCUT2D eigenvalue weighted by Crippen LogP contribution is -2.28. The molecule has 0 saturated carbocycles. The van der Waals surface area contributed by atoms with Crippen LogP contribution in [0.1, 0.15) is 31.7 Å². The second kappa shape index (κ2) is 10.7. The zero-order valence-electron chi connectivity index (χ0n) is 20.2. The molecule has 3 aromatic carbocycles. The SMILES string of the molecule is CC1CCCN1CCCn1ncc2ccc(NC(=O)Cc3ccc(Oc4ccccc4)cc3)cc21. The molecular formula is C29H32N4O2. The van der Waals surface area contributed by atoms with Crippen LogP contribution in [-0.2, 0) is 17.8 Å². The van der Waals surface area contributed by atoms with E-state index < -0.39 is 0 Å². The van der Waals surface area contributed by atoms with Gasteiger partial charge in [-0.3, -0.25) is 9.48 Å². The van der Waals surface area contributed by atoms with E-state index in [1.54, 1.807) is 0 Å². The van der Waals surface area contributed by atoms with Crippen molar-refractivity contribution in [2.45, 2.75) is 45.2 Å². The quantitative estimate of drug-likeness (QED) is 0.333. The van der Waals surface area contributed by atoms with Gasteiger partial charge in [-0.05, 0) is 80.8 Å². The number of fused-ring (bicyclic) bond motifs is 1. The molecule has 1 N–H and O–H groups in total. The monoisotopic (exact) mass is 468 g/mol. The summed E-state index contributed by atoms with van der Waals surface area (Å²) < 4.78 is 7.88. The highest BCUT2D eigenvalue weighted by Gasteiger charge is 2.19. The molecule has 1 saturated heterocycles. The number of ether oxygens (including phenoxy) is 1. The van der Waals surface area contributed by atoms with Crippen LogP contribution in [0.4, 0.5) is 5.69 Å². The zero-order chi connectivity index (χ0) is 24.0. The Morgan fingerprint density at radius 3 is 2.60 bits per heavy atom. The Labute approximate surface area is 206 Å². The van der Waals surface area contributed by atoms with Crippen LogP contribution in [0.5, 0.6) is 11.5 Å². The van der Waals surface area contributed by atoms with Gasteiger partial charge in [0, 0.05) is 30.2 Å². The highest BCUT2D eigenvalue weighted by molar-refractivity contribution is 5.94. The Balaban J connectivity index is 1.16. The molecule has 6 heteroatoms. The van der Waals surface area contributed by atoms with E-state index in [1.165, 1.54) is 19.4 Å². The van der Waals surface area contributed by atoms with E-state index in [0.717, 1.165) is 53.2 Å². The van der Waals surface area contributed by atoms with Crippen molar-refractivity contribution in [3.05, 3.63) is 84.6 Å². The van der Waals surface area contributed by atoms with Gasteiger partial charge in [0.15, 0.2) is 0 Å². The highest BCUT2D eigenvalue weighted by atomic mass is 16.5. The Morgan fingerprint density at radius 1 is 1.03 bits per heavy atom. The van der Waals surface area contributed by atoms with Crippen LogP contribution >= 0.6 is 0 Å². The van der Waals surface area contributed by atoms with Gasteiger partial charge in [0.2, 0.25) is 5.91 Å². The van der Waals surface area contributed by atoms with Crippen LogP contribution in [0.3, 0.4) is 0 Å². The van der Waals surface area contributed by atoms with Crippen molar-refractivity contribution in [2.24, 2.45) is 0 Å². The average molecular weight is 469 g/mol. The minimum absolute atomic E-state index is 0.0461. The Hall–Kier alpha value is -3.64. The second-order valence-corrected chi connectivity index (χ2v) is 9.31. The molecule has 4 aromatic rings. The number of para-hydroxylation sites is 1. The van der Waals surface area contributed by atoms with E-state index in [9.17, 15) is 4.79 Å². The van der Waals surface area contributed by atoms with E-state index in [-0.39, 0.29) is 5.91 Å². The molecule has 2 heterocycles. The maximum absolute atomic E-state index is 12.7. The third-order valence-electron chi connectivity index (χ3n) is 6.70. The molecule has 0 radical (unpaired) electrons. The second-order valence-electron chi connectivity index (χ2n) is 9.31. The van der Waals surface area contributed by atoms with Gasteiger partial charge in [-0.1, -0.05) is 30.3 Å². The molecule has 5 rings (SSSR count). The largest absolute Gasteiger partial charge is 0.457 e. The molecule has 0 spiro atoms. The van der Waals surface area contributed by atoms with Crippen molar-refractivity contribution < 1.29 is 9.53 Å². The first-order valence-electron chi connectivity index (χ1n) is 12.5. The van der Waals surface area contributed by atoms with Crippen molar-refractivity contribution in [1.29, 1.82) is 0 Å². The summed E-state index contributed by atoms with van der Waals surface area (Å²) in [5, 5.41) is 8.71. The first kappa shape index (κ1) is 23.1. The fraction of sp³-hybridized carbons (Fsp3) is 0.310. The maximum atomic E-state index is 12.7. The third kappa shape index (κ3) is 5.89. The molecular weight excluding hydrogens is 436 g/mol. The lowest BCUT2D eigenvalue weighted by Gasteiger charge is -2.20. The summed E-state index contributed by atoms with van der Waals surface area (Å²) in [4.78, 5) is 15.3. The number of nitrogens with one attached hydrogen (secondary N) is 1. The van der Waals surface area contributed by atoms with Gasteiger partial charge in [0.25, 0.3) is 0 Å². The summed E-state index contributed by atoms with van der Waals surface area (Å²) >= 11 is 0. The standard InChI is InChI=1S/C29H32N4O2/c1-22-7-5-16-32(22)17-6-18-33-28-20-25(13-12-24(28)21-30-33)31-29(34)19-23-10-14-27(15-11-23)35-26-8-3-2-4-9-26/h2-4,8-15,20-22H,5-7,16-19H2,1H3,(H,31,34). The normalized spacial score (nSPS) is 16.0. The number of benzene rings is 3. The Morgan fingerprint density at radius 2 is 1.83 bits per heavy atom. The maximum Gasteiger partial charge on any atom is 0.228 e. The van der Waals surface area contributed by atoms with Gasteiger partial charge < -0.3 is 15.0 Å². The number of rotatable bonds is 9. The van der Waals surface area contributed by atoms with Crippen molar-refractivity contribution in [1.82, 2.24) is 14.7 Å². The molecule has 1 amide bonds. The minimum atomic E-state index is -0.0461. The molecule has 1 aromatic heterocycles. The smallest absolute Gasteiger partial charge is 0.228 e. The van der Waals surface area contributed by atoms with Gasteiger partial charge in [-0.15, -0.1) is 0 Å². The van der Waals surface area contributed by atoms with Crippen molar-refractivity contribution in [2.75, 3.05) is 18.4 Å². The van der Waals surface area contributed by atoms with E-state index in [2.05, 4.69) is 26.9 Å². The molecule has 0 bridgehead atoms. The number of likely N-dealkylation sites (tertiary alicyclic amines) is 1. The van der Waals surface area contributed by atoms with Gasteiger partial charge in [0.05, 0.1) is 18.1 Å². The number of hydrogen-bond acceptors (Lipinski definition) is 4. The van der Waals surface area contributed by atoms with Crippen LogP contribution in [0.2, 0.25) is 0 Å². The molecule has 1 aliphatic heterocycles. The first-order valence-corrected chi connectivity index (χ1v) is 12.5. The molecule has 180 valence electrons. The average Bonchev–Trinajstić information content (AvgIpc) is 3.46. The van der Waals surface area contributed by atoms with E-state index in [0.29, 0.717) is 12.5 Å². The lowest BCUT2D eigenvalue weighted by atomic mass is 10.1. The zero-order valence-corrected chi connectivity index (χ0v) is 20.2. The van der Waals surface area contributed by atoms with Crippen LogP contribution in [0, 0.1) is 0 Å². The highest BCUT2D eigenvalue weighted by Crippen LogP contribution is 2.23. The van der Waals surface area contributed by atoms with Crippen LogP contribution in [0.15, 0.2) is 79.0 Å². The molecule has 1 unspecified atom stereocenters. The third-order valence-corrected chi connectivity index (χ3v) is 6.70. The van der Waals surface area contributed by atoms with Crippen molar-refractivity contribution >= 4 is 22.5 Å². The summed E-state index contributed by atoms with van der Waals surface area (Å²) in [6.45, 7) is 5.51. The number of carbonyl (C=O) groups excluding carboxylic acids is 1. The van der Waals surface area contributed by atoms with Gasteiger partial charge in [-0.25, -0.2) is 0 Å². The molecule has 1 atom stereocenters. The Kier molecular flexibility index (Phi) is 7.09. The topological polar surface area (TPSA) is 59.4 Å². The molecule has 1 aliphatic rings. The summed E-state index contributed by atoms with van der Waals surface area (Å²) in [6, 6.07) is 24.0. The fourth-order valence-electron chi connectivity index (χ4n) is 4.77. The number of nitrogens with zero attached hydrogens (tertiary/aromatic N) is 3. The van der Waals surface area contributed by atoms with Crippen LogP contribution in [0.25, 0.3) is 10.9 Å². The summed E-state index contributed by atoms with van der Waals surface area (Å²) in [5.41, 5.74) is 2.78. The number of aryl methyl sites for hydroxylation is 1. The Bertz CT molecular complexity index is 1270. The lowest BCUT2D eigenvalue weighted by molar-refractivity contribution is -0.115. The number of aromatic nitrogens is 2. The molecule has 35 heavy (non-hydrogen) atoms. The number of amides is 1. The van der Waals surface area contributed by atoms with Gasteiger partial charge in [-0.2, -0.15) is 5.10 Å². The van der Waals surface area contributed by atoms with Crippen LogP contribution in [-0.4, -0.2) is 39.7 Å². The number of anilines is 1. The predicted molar refractivity (Wildman–Crippen MR) is 140 cm³/mol. The van der Waals surface area contributed by atoms with Crippen LogP contribution < -0.4 is 10.1 Å². The minimum Gasteiger partial charge on any atom is -0.457 e. The van der Waals surface area contributed by atoms with Gasteiger partial charge in [0.1, 0.15) is 11.5 Å². The summed E-state index contributed by atoms with van der Waals surface area (Å²) in [7, 11) is 0. The summed E-state index contributed by atoms with van der Waals surface area (Å²) in [6.07, 6.45) is 5.89. The first-order chi connectivity index (χ1) is 17.1. The van der Waals surface area contributed by atoms with E-state index >= 15 is 0 Å². The number of carbonyl (C=O) groups is 1. The molecule has 0 aliphatic carbocycles. The fourth-order valence-corrected chi connectivity index (χ4v) is 4.77.